The van der Waals surface area contributed by atoms with E-state index >= 15 is 0 Å². The Bertz CT molecular complexity index is 1080. The second-order valence-electron chi connectivity index (χ2n) is 10.1. The summed E-state index contributed by atoms with van der Waals surface area (Å²) in [6.45, 7) is 12.7. The summed E-state index contributed by atoms with van der Waals surface area (Å²) in [5.41, 5.74) is 2.30. The molecule has 0 saturated heterocycles. The minimum Gasteiger partial charge on any atom is -0.497 e. The zero-order chi connectivity index (χ0) is 27.9. The number of thiol groups is 1. The van der Waals surface area contributed by atoms with Gasteiger partial charge in [0.1, 0.15) is 23.4 Å². The SMILES string of the molecule is COc1ccc(NC(=O)C(c2c(C)cccc2C)N(C(=O)C(CS)NC(=O)OC(C)(C)C)C(C)C)cc1. The molecule has 2 aromatic carbocycles. The molecule has 3 amide bonds. The predicted octanol–water partition coefficient (Wildman–Crippen LogP) is 5.05. The van der Waals surface area contributed by atoms with Crippen LogP contribution >= 0.6 is 12.6 Å². The molecule has 8 nitrogen and oxygen atoms in total. The van der Waals surface area contributed by atoms with Crippen molar-refractivity contribution in [3.63, 3.8) is 0 Å². The lowest BCUT2D eigenvalue weighted by atomic mass is 9.93. The van der Waals surface area contributed by atoms with Crippen molar-refractivity contribution >= 4 is 36.2 Å². The monoisotopic (exact) mass is 529 g/mol. The first-order valence-corrected chi connectivity index (χ1v) is 12.9. The number of rotatable bonds is 9. The first-order valence-electron chi connectivity index (χ1n) is 12.2. The zero-order valence-electron chi connectivity index (χ0n) is 22.9. The molecule has 0 aliphatic carbocycles. The van der Waals surface area contributed by atoms with E-state index in [0.29, 0.717) is 11.4 Å². The van der Waals surface area contributed by atoms with Crippen molar-refractivity contribution in [3.8, 4) is 5.75 Å². The van der Waals surface area contributed by atoms with E-state index in [1.165, 1.54) is 4.90 Å². The molecule has 2 atom stereocenters. The Morgan fingerprint density at radius 1 is 1.00 bits per heavy atom. The van der Waals surface area contributed by atoms with Gasteiger partial charge in [0.05, 0.1) is 7.11 Å². The van der Waals surface area contributed by atoms with Crippen molar-refractivity contribution in [1.82, 2.24) is 10.2 Å². The zero-order valence-corrected chi connectivity index (χ0v) is 23.8. The van der Waals surface area contributed by atoms with Crippen LogP contribution in [0, 0.1) is 13.8 Å². The molecule has 0 saturated carbocycles. The Morgan fingerprint density at radius 2 is 1.57 bits per heavy atom. The molecule has 2 aromatic rings. The average molecular weight is 530 g/mol. The summed E-state index contributed by atoms with van der Waals surface area (Å²) in [5, 5.41) is 5.57. The van der Waals surface area contributed by atoms with Gasteiger partial charge in [0.25, 0.3) is 5.91 Å². The number of benzene rings is 2. The van der Waals surface area contributed by atoms with Crippen molar-refractivity contribution < 1.29 is 23.9 Å². The second kappa shape index (κ2) is 12.9. The summed E-state index contributed by atoms with van der Waals surface area (Å²) in [6, 6.07) is 10.4. The average Bonchev–Trinajstić information content (AvgIpc) is 2.80. The molecule has 2 rings (SSSR count). The van der Waals surface area contributed by atoms with Gasteiger partial charge in [-0.3, -0.25) is 9.59 Å². The van der Waals surface area contributed by atoms with E-state index < -0.39 is 29.7 Å². The van der Waals surface area contributed by atoms with Crippen LogP contribution in [-0.2, 0) is 14.3 Å². The van der Waals surface area contributed by atoms with Gasteiger partial charge >= 0.3 is 6.09 Å². The highest BCUT2D eigenvalue weighted by Crippen LogP contribution is 2.31. The molecule has 0 aliphatic rings. The van der Waals surface area contributed by atoms with Crippen molar-refractivity contribution in [2.75, 3.05) is 18.2 Å². The quantitative estimate of drug-likeness (QED) is 0.395. The highest BCUT2D eigenvalue weighted by atomic mass is 32.1. The summed E-state index contributed by atoms with van der Waals surface area (Å²) >= 11 is 4.32. The number of carbonyl (C=O) groups excluding carboxylic acids is 3. The number of hydrogen-bond donors (Lipinski definition) is 3. The molecule has 0 aliphatic heterocycles. The van der Waals surface area contributed by atoms with E-state index in [1.54, 1.807) is 52.1 Å². The first kappa shape index (κ1) is 30.0. The Labute approximate surface area is 225 Å². The number of carbonyl (C=O) groups is 3. The molecular weight excluding hydrogens is 490 g/mol. The summed E-state index contributed by atoms with van der Waals surface area (Å²) in [7, 11) is 1.57. The number of hydrogen-bond acceptors (Lipinski definition) is 6. The van der Waals surface area contributed by atoms with E-state index in [1.807, 2.05) is 45.9 Å². The van der Waals surface area contributed by atoms with Crippen molar-refractivity contribution in [2.24, 2.45) is 0 Å². The van der Waals surface area contributed by atoms with Gasteiger partial charge in [-0.15, -0.1) is 0 Å². The van der Waals surface area contributed by atoms with E-state index in [4.69, 9.17) is 9.47 Å². The van der Waals surface area contributed by atoms with Gasteiger partial charge in [0.15, 0.2) is 0 Å². The minimum absolute atomic E-state index is 0.0286. The number of nitrogens with one attached hydrogen (secondary N) is 2. The van der Waals surface area contributed by atoms with Crippen LogP contribution in [0.4, 0.5) is 10.5 Å². The number of alkyl carbamates (subject to hydrolysis) is 1. The highest BCUT2D eigenvalue weighted by molar-refractivity contribution is 7.80. The maximum atomic E-state index is 13.9. The van der Waals surface area contributed by atoms with Crippen LogP contribution < -0.4 is 15.4 Å². The Balaban J connectivity index is 2.51. The predicted molar refractivity (Wildman–Crippen MR) is 149 cm³/mol. The lowest BCUT2D eigenvalue weighted by Crippen LogP contribution is -2.55. The van der Waals surface area contributed by atoms with Gasteiger partial charge in [-0.25, -0.2) is 4.79 Å². The number of ether oxygens (including phenoxy) is 2. The fourth-order valence-corrected chi connectivity index (χ4v) is 4.28. The molecule has 0 spiro atoms. The fraction of sp³-hybridized carbons (Fsp3) is 0.464. The number of aryl methyl sites for hydroxylation is 2. The number of anilines is 1. The van der Waals surface area contributed by atoms with E-state index in [9.17, 15) is 14.4 Å². The fourth-order valence-electron chi connectivity index (χ4n) is 4.04. The number of methoxy groups -OCH3 is 1. The van der Waals surface area contributed by atoms with Gasteiger partial charge in [0.2, 0.25) is 5.91 Å². The molecule has 9 heteroatoms. The molecule has 0 aromatic heterocycles. The van der Waals surface area contributed by atoms with Crippen LogP contribution in [0.5, 0.6) is 5.75 Å². The second-order valence-corrected chi connectivity index (χ2v) is 10.5. The van der Waals surface area contributed by atoms with Crippen LogP contribution in [-0.4, -0.2) is 53.4 Å². The highest BCUT2D eigenvalue weighted by Gasteiger charge is 2.38. The molecule has 202 valence electrons. The van der Waals surface area contributed by atoms with E-state index in [-0.39, 0.29) is 17.7 Å². The third-order valence-corrected chi connectivity index (χ3v) is 6.05. The van der Waals surface area contributed by atoms with Crippen molar-refractivity contribution in [3.05, 3.63) is 59.2 Å². The van der Waals surface area contributed by atoms with E-state index in [2.05, 4.69) is 23.3 Å². The largest absolute Gasteiger partial charge is 0.497 e. The molecule has 0 bridgehead atoms. The van der Waals surface area contributed by atoms with Crippen LogP contribution in [0.2, 0.25) is 0 Å². The van der Waals surface area contributed by atoms with Crippen molar-refractivity contribution in [1.29, 1.82) is 0 Å². The number of amides is 3. The van der Waals surface area contributed by atoms with Crippen LogP contribution in [0.15, 0.2) is 42.5 Å². The lowest BCUT2D eigenvalue weighted by molar-refractivity contribution is -0.142. The van der Waals surface area contributed by atoms with Gasteiger partial charge in [-0.2, -0.15) is 12.6 Å². The smallest absolute Gasteiger partial charge is 0.408 e. The van der Waals surface area contributed by atoms with Gasteiger partial charge in [0, 0.05) is 17.5 Å². The topological polar surface area (TPSA) is 97.0 Å². The molecule has 2 N–H and O–H groups in total. The van der Waals surface area contributed by atoms with Crippen molar-refractivity contribution in [2.45, 2.75) is 72.2 Å². The lowest BCUT2D eigenvalue weighted by Gasteiger charge is -2.38. The van der Waals surface area contributed by atoms with Crippen LogP contribution in [0.3, 0.4) is 0 Å². The van der Waals surface area contributed by atoms with Crippen LogP contribution in [0.25, 0.3) is 0 Å². The molecule has 2 unspecified atom stereocenters. The summed E-state index contributed by atoms with van der Waals surface area (Å²) in [4.78, 5) is 41.8. The first-order chi connectivity index (χ1) is 17.3. The molecular formula is C28H39N3O5S. The standard InChI is InChI=1S/C28H39N3O5S/c1-17(2)31(26(33)22(16-37)30-27(34)36-28(5,6)7)24(23-18(3)10-9-11-19(23)4)25(32)29-20-12-14-21(35-8)15-13-20/h9-15,17,22,24,37H,16H2,1-8H3,(H,29,32)(H,30,34). The number of nitrogens with zero attached hydrogens (tertiary/aromatic N) is 1. The maximum Gasteiger partial charge on any atom is 0.408 e. The normalized spacial score (nSPS) is 12.9. The molecule has 0 heterocycles. The van der Waals surface area contributed by atoms with Gasteiger partial charge in [-0.05, 0) is 89.4 Å². The summed E-state index contributed by atoms with van der Waals surface area (Å²) in [5.74, 6) is -0.123. The summed E-state index contributed by atoms with van der Waals surface area (Å²) < 4.78 is 10.6. The van der Waals surface area contributed by atoms with Gasteiger partial charge in [-0.1, -0.05) is 18.2 Å². The molecule has 37 heavy (non-hydrogen) atoms. The third-order valence-electron chi connectivity index (χ3n) is 5.68. The minimum atomic E-state index is -0.999. The molecule has 0 fully saturated rings. The van der Waals surface area contributed by atoms with E-state index in [0.717, 1.165) is 16.7 Å². The maximum absolute atomic E-state index is 13.9. The molecule has 0 radical (unpaired) electrons. The Morgan fingerprint density at radius 3 is 2.03 bits per heavy atom. The Kier molecular flexibility index (Phi) is 10.4. The Hall–Kier alpha value is -3.20. The summed E-state index contributed by atoms with van der Waals surface area (Å²) in [6.07, 6.45) is -0.727. The van der Waals surface area contributed by atoms with Crippen LogP contribution in [0.1, 0.15) is 57.4 Å². The van der Waals surface area contributed by atoms with Gasteiger partial charge < -0.3 is 25.0 Å². The third kappa shape index (κ3) is 8.15.